The molecule has 26 heavy (non-hydrogen) atoms. The Bertz CT molecular complexity index is 998. The van der Waals surface area contributed by atoms with Gasteiger partial charge in [0.05, 0.1) is 12.8 Å². The summed E-state index contributed by atoms with van der Waals surface area (Å²) in [5.74, 6) is 1.44. The number of methoxy groups -OCH3 is 1. The quantitative estimate of drug-likeness (QED) is 0.705. The van der Waals surface area contributed by atoms with Gasteiger partial charge in [-0.25, -0.2) is 4.99 Å². The second-order valence-electron chi connectivity index (χ2n) is 5.66. The first kappa shape index (κ1) is 16.5. The van der Waals surface area contributed by atoms with Gasteiger partial charge in [-0.3, -0.25) is 10.4 Å². The Hall–Kier alpha value is -2.99. The second kappa shape index (κ2) is 7.09. The van der Waals surface area contributed by atoms with Crippen molar-refractivity contribution in [3.05, 3.63) is 88.2 Å². The van der Waals surface area contributed by atoms with Crippen LogP contribution in [0.25, 0.3) is 0 Å². The van der Waals surface area contributed by atoms with Crippen molar-refractivity contribution in [2.24, 2.45) is 10.1 Å². The van der Waals surface area contributed by atoms with Crippen molar-refractivity contribution in [2.45, 2.75) is 0 Å². The number of benzene rings is 2. The van der Waals surface area contributed by atoms with Crippen LogP contribution in [0.5, 0.6) is 5.75 Å². The highest BCUT2D eigenvalue weighted by Crippen LogP contribution is 2.29. The number of aliphatic imine (C=N–C) groups is 1. The maximum absolute atomic E-state index is 5.39. The number of aromatic nitrogens is 1. The number of amidine groups is 1. The zero-order valence-electron chi connectivity index (χ0n) is 14.0. The second-order valence-corrected chi connectivity index (χ2v) is 6.58. The molecule has 0 amide bonds. The molecule has 6 heteroatoms. The summed E-state index contributed by atoms with van der Waals surface area (Å²) in [6, 6.07) is 17.6. The Labute approximate surface area is 159 Å². The van der Waals surface area contributed by atoms with Crippen LogP contribution in [0.4, 0.5) is 5.69 Å². The summed E-state index contributed by atoms with van der Waals surface area (Å²) in [7, 11) is 1.65. The number of fused-ring (bicyclic) bond motifs is 1. The molecular weight excluding hydrogens is 392 g/mol. The van der Waals surface area contributed by atoms with Crippen molar-refractivity contribution >= 4 is 33.2 Å². The van der Waals surface area contributed by atoms with Crippen molar-refractivity contribution in [3.8, 4) is 5.75 Å². The summed E-state index contributed by atoms with van der Waals surface area (Å²) in [6.07, 6.45) is 3.53. The topological polar surface area (TPSA) is 58.9 Å². The minimum Gasteiger partial charge on any atom is -0.497 e. The normalized spacial score (nSPS) is 13.0. The Balaban J connectivity index is 1.87. The van der Waals surface area contributed by atoms with Gasteiger partial charge in [-0.15, -0.1) is 0 Å². The van der Waals surface area contributed by atoms with Crippen molar-refractivity contribution in [1.29, 1.82) is 0 Å². The lowest BCUT2D eigenvalue weighted by atomic mass is 10.0. The lowest BCUT2D eigenvalue weighted by Gasteiger charge is -2.09. The third-order valence-electron chi connectivity index (χ3n) is 4.02. The minimum atomic E-state index is 0.683. The summed E-state index contributed by atoms with van der Waals surface area (Å²) in [6.45, 7) is 0. The highest BCUT2D eigenvalue weighted by Gasteiger charge is 2.18. The van der Waals surface area contributed by atoms with E-state index in [4.69, 9.17) is 9.73 Å². The maximum Gasteiger partial charge on any atom is 0.154 e. The molecule has 0 bridgehead atoms. The van der Waals surface area contributed by atoms with Crippen molar-refractivity contribution in [1.82, 2.24) is 10.4 Å². The summed E-state index contributed by atoms with van der Waals surface area (Å²) < 4.78 is 6.40. The van der Waals surface area contributed by atoms with Gasteiger partial charge in [0.2, 0.25) is 0 Å². The molecule has 2 heterocycles. The number of pyridine rings is 1. The highest BCUT2D eigenvalue weighted by molar-refractivity contribution is 9.10. The number of hydrazone groups is 1. The van der Waals surface area contributed by atoms with Crippen molar-refractivity contribution in [2.75, 3.05) is 7.11 Å². The van der Waals surface area contributed by atoms with E-state index in [1.807, 2.05) is 54.6 Å². The lowest BCUT2D eigenvalue weighted by Crippen LogP contribution is -2.19. The molecule has 3 aromatic rings. The molecule has 0 fully saturated rings. The number of hydrogen-bond acceptors (Lipinski definition) is 5. The number of hydrogen-bond donors (Lipinski definition) is 1. The van der Waals surface area contributed by atoms with Gasteiger partial charge >= 0.3 is 0 Å². The molecule has 0 aliphatic carbocycles. The van der Waals surface area contributed by atoms with Gasteiger partial charge in [0, 0.05) is 33.6 Å². The molecule has 2 aromatic carbocycles. The predicted octanol–water partition coefficient (Wildman–Crippen LogP) is 4.29. The van der Waals surface area contributed by atoms with E-state index in [0.717, 1.165) is 38.3 Å². The van der Waals surface area contributed by atoms with Gasteiger partial charge < -0.3 is 4.74 Å². The van der Waals surface area contributed by atoms with Crippen molar-refractivity contribution < 1.29 is 4.74 Å². The van der Waals surface area contributed by atoms with Gasteiger partial charge in [-0.05, 0) is 42.5 Å². The van der Waals surface area contributed by atoms with E-state index in [1.165, 1.54) is 0 Å². The molecule has 5 nitrogen and oxygen atoms in total. The molecule has 0 radical (unpaired) electrons. The van der Waals surface area contributed by atoms with Gasteiger partial charge in [-0.2, -0.15) is 5.10 Å². The third kappa shape index (κ3) is 3.23. The maximum atomic E-state index is 5.39. The largest absolute Gasteiger partial charge is 0.497 e. The molecule has 0 saturated carbocycles. The van der Waals surface area contributed by atoms with Crippen LogP contribution in [-0.4, -0.2) is 23.6 Å². The fourth-order valence-electron chi connectivity index (χ4n) is 2.70. The predicted molar refractivity (Wildman–Crippen MR) is 106 cm³/mol. The fraction of sp³-hybridized carbons (Fsp3) is 0.0500. The van der Waals surface area contributed by atoms with Crippen molar-refractivity contribution in [3.63, 3.8) is 0 Å². The van der Waals surface area contributed by atoms with Crippen LogP contribution in [-0.2, 0) is 0 Å². The summed E-state index contributed by atoms with van der Waals surface area (Å²) in [5, 5.41) is 4.62. The standard InChI is InChI=1S/C20H15BrN4O/c1-26-16-8-9-18-17(11-16)19(14-3-2-10-22-12-14)24-25-20(23-18)13-4-6-15(21)7-5-13/h2-12H,1H3,(H,23,25). The average Bonchev–Trinajstić information content (AvgIpc) is 2.88. The Morgan fingerprint density at radius 1 is 1.00 bits per heavy atom. The van der Waals surface area contributed by atoms with Gasteiger partial charge in [0.1, 0.15) is 11.5 Å². The molecule has 0 atom stereocenters. The zero-order valence-corrected chi connectivity index (χ0v) is 15.6. The van der Waals surface area contributed by atoms with Gasteiger partial charge in [-0.1, -0.05) is 28.1 Å². The van der Waals surface area contributed by atoms with E-state index in [2.05, 4.69) is 31.4 Å². The van der Waals surface area contributed by atoms with E-state index in [9.17, 15) is 0 Å². The average molecular weight is 407 g/mol. The Morgan fingerprint density at radius 2 is 1.85 bits per heavy atom. The van der Waals surface area contributed by atoms with E-state index >= 15 is 0 Å². The fourth-order valence-corrected chi connectivity index (χ4v) is 2.97. The molecule has 1 aliphatic rings. The van der Waals surface area contributed by atoms with Crippen LogP contribution in [0.1, 0.15) is 16.7 Å². The first-order chi connectivity index (χ1) is 12.7. The molecule has 1 N–H and O–H groups in total. The SMILES string of the molecule is COc1ccc2c(c1)C(c1cccnc1)=NNC(c1ccc(Br)cc1)=N2. The molecule has 0 saturated heterocycles. The van der Waals surface area contributed by atoms with Crippen LogP contribution in [0, 0.1) is 0 Å². The van der Waals surface area contributed by atoms with Gasteiger partial charge in [0.25, 0.3) is 0 Å². The molecule has 4 rings (SSSR count). The van der Waals surface area contributed by atoms with E-state index < -0.39 is 0 Å². The molecule has 0 spiro atoms. The molecule has 0 unspecified atom stereocenters. The van der Waals surface area contributed by atoms with E-state index in [1.54, 1.807) is 19.5 Å². The number of halogens is 1. The smallest absolute Gasteiger partial charge is 0.154 e. The van der Waals surface area contributed by atoms with Crippen LogP contribution < -0.4 is 10.2 Å². The first-order valence-corrected chi connectivity index (χ1v) is 8.81. The molecule has 128 valence electrons. The Morgan fingerprint density at radius 3 is 2.58 bits per heavy atom. The minimum absolute atomic E-state index is 0.683. The van der Waals surface area contributed by atoms with Crippen LogP contribution >= 0.6 is 15.9 Å². The first-order valence-electron chi connectivity index (χ1n) is 8.02. The Kier molecular flexibility index (Phi) is 4.50. The number of rotatable bonds is 3. The monoisotopic (exact) mass is 406 g/mol. The number of ether oxygens (including phenoxy) is 1. The highest BCUT2D eigenvalue weighted by atomic mass is 79.9. The molecular formula is C20H15BrN4O. The number of nitrogens with zero attached hydrogens (tertiary/aromatic N) is 3. The molecule has 1 aliphatic heterocycles. The van der Waals surface area contributed by atoms with Gasteiger partial charge in [0.15, 0.2) is 5.84 Å². The lowest BCUT2D eigenvalue weighted by molar-refractivity contribution is 0.415. The molecule has 1 aromatic heterocycles. The van der Waals surface area contributed by atoms with Crippen LogP contribution in [0.2, 0.25) is 0 Å². The van der Waals surface area contributed by atoms with E-state index in [0.29, 0.717) is 5.84 Å². The zero-order chi connectivity index (χ0) is 17.9. The van der Waals surface area contributed by atoms with E-state index in [-0.39, 0.29) is 0 Å². The number of nitrogens with one attached hydrogen (secondary N) is 1. The summed E-state index contributed by atoms with van der Waals surface area (Å²) >= 11 is 3.46. The summed E-state index contributed by atoms with van der Waals surface area (Å²) in [5.41, 5.74) is 7.43. The summed E-state index contributed by atoms with van der Waals surface area (Å²) in [4.78, 5) is 9.00. The van der Waals surface area contributed by atoms with Crippen LogP contribution in [0.3, 0.4) is 0 Å². The van der Waals surface area contributed by atoms with Crippen LogP contribution in [0.15, 0.2) is 81.6 Å². The third-order valence-corrected chi connectivity index (χ3v) is 4.55.